The molecule has 0 fully saturated rings. The van der Waals surface area contributed by atoms with Gasteiger partial charge in [0.05, 0.1) is 11.7 Å². The first kappa shape index (κ1) is 17.0. The smallest absolute Gasteiger partial charge is 0.290 e. The van der Waals surface area contributed by atoms with Crippen LogP contribution in [0.5, 0.6) is 0 Å². The van der Waals surface area contributed by atoms with Crippen LogP contribution in [0.15, 0.2) is 40.9 Å². The summed E-state index contributed by atoms with van der Waals surface area (Å²) in [6.45, 7) is 8.77. The predicted molar refractivity (Wildman–Crippen MR) is 95.2 cm³/mol. The number of amides is 1. The lowest BCUT2D eigenvalue weighted by Gasteiger charge is -2.13. The van der Waals surface area contributed by atoms with E-state index >= 15 is 0 Å². The number of rotatable bonds is 5. The van der Waals surface area contributed by atoms with Crippen LogP contribution in [0.3, 0.4) is 0 Å². The molecule has 1 unspecified atom stereocenters. The predicted octanol–water partition coefficient (Wildman–Crippen LogP) is 3.67. The molecular weight excluding hydrogens is 316 g/mol. The zero-order valence-corrected chi connectivity index (χ0v) is 14.9. The van der Waals surface area contributed by atoms with Crippen LogP contribution in [0.25, 0.3) is 11.3 Å². The maximum atomic E-state index is 12.5. The van der Waals surface area contributed by atoms with Crippen LogP contribution in [0.4, 0.5) is 0 Å². The Morgan fingerprint density at radius 1 is 1.28 bits per heavy atom. The lowest BCUT2D eigenvalue weighted by Crippen LogP contribution is -2.27. The van der Waals surface area contributed by atoms with E-state index in [1.54, 1.807) is 6.07 Å². The summed E-state index contributed by atoms with van der Waals surface area (Å²) in [7, 11) is 0. The number of hydrogen-bond donors (Lipinski definition) is 1. The first-order valence-electron chi connectivity index (χ1n) is 8.38. The molecule has 25 heavy (non-hydrogen) atoms. The molecule has 6 nitrogen and oxygen atoms in total. The van der Waals surface area contributed by atoms with Crippen LogP contribution < -0.4 is 5.32 Å². The molecule has 2 aromatic heterocycles. The van der Waals surface area contributed by atoms with E-state index in [0.717, 1.165) is 29.1 Å². The number of aryl methyl sites for hydroxylation is 2. The number of carbonyl (C=O) groups excluding carboxylic acids is 1. The minimum absolute atomic E-state index is 0.168. The summed E-state index contributed by atoms with van der Waals surface area (Å²) in [6, 6.07) is 11.1. The van der Waals surface area contributed by atoms with E-state index in [2.05, 4.69) is 15.6 Å². The maximum Gasteiger partial charge on any atom is 0.290 e. The van der Waals surface area contributed by atoms with Crippen LogP contribution in [-0.2, 0) is 6.54 Å². The van der Waals surface area contributed by atoms with E-state index < -0.39 is 0 Å². The molecule has 3 rings (SSSR count). The Morgan fingerprint density at radius 3 is 2.64 bits per heavy atom. The van der Waals surface area contributed by atoms with Crippen LogP contribution in [0.1, 0.15) is 47.4 Å². The molecule has 0 spiro atoms. The minimum atomic E-state index is -0.287. The van der Waals surface area contributed by atoms with Crippen molar-refractivity contribution in [3.8, 4) is 11.3 Å². The van der Waals surface area contributed by atoms with Crippen molar-refractivity contribution in [1.82, 2.24) is 20.3 Å². The summed E-state index contributed by atoms with van der Waals surface area (Å²) < 4.78 is 7.16. The van der Waals surface area contributed by atoms with E-state index in [1.807, 2.05) is 62.7 Å². The number of benzene rings is 1. The van der Waals surface area contributed by atoms with E-state index in [4.69, 9.17) is 4.52 Å². The summed E-state index contributed by atoms with van der Waals surface area (Å²) in [5, 5.41) is 11.5. The number of aromatic nitrogens is 3. The highest BCUT2D eigenvalue weighted by Gasteiger charge is 2.21. The van der Waals surface area contributed by atoms with Gasteiger partial charge in [-0.1, -0.05) is 35.5 Å². The molecule has 3 aromatic rings. The van der Waals surface area contributed by atoms with Crippen molar-refractivity contribution in [1.29, 1.82) is 0 Å². The van der Waals surface area contributed by atoms with Crippen molar-refractivity contribution in [2.24, 2.45) is 0 Å². The van der Waals surface area contributed by atoms with Gasteiger partial charge in [0.2, 0.25) is 5.76 Å². The molecular formula is C19H22N4O2. The van der Waals surface area contributed by atoms with Crippen molar-refractivity contribution in [3.05, 3.63) is 59.1 Å². The van der Waals surface area contributed by atoms with Gasteiger partial charge in [0.1, 0.15) is 5.69 Å². The Morgan fingerprint density at radius 2 is 2.00 bits per heavy atom. The molecule has 0 aliphatic heterocycles. The zero-order valence-electron chi connectivity index (χ0n) is 14.9. The monoisotopic (exact) mass is 338 g/mol. The van der Waals surface area contributed by atoms with E-state index in [-0.39, 0.29) is 17.7 Å². The highest BCUT2D eigenvalue weighted by molar-refractivity contribution is 5.92. The Hall–Kier alpha value is -2.89. The molecule has 6 heteroatoms. The second-order valence-corrected chi connectivity index (χ2v) is 6.04. The van der Waals surface area contributed by atoms with Crippen LogP contribution in [-0.4, -0.2) is 20.8 Å². The van der Waals surface area contributed by atoms with Gasteiger partial charge < -0.3 is 9.84 Å². The molecule has 0 aliphatic carbocycles. The molecule has 0 saturated carbocycles. The summed E-state index contributed by atoms with van der Waals surface area (Å²) in [6.07, 6.45) is 0. The fourth-order valence-electron chi connectivity index (χ4n) is 3.11. The second kappa shape index (κ2) is 6.93. The number of hydrogen-bond acceptors (Lipinski definition) is 4. The molecule has 1 atom stereocenters. The SMILES string of the molecule is CCn1nc(C)c(C(C)NC(=O)c2cc(-c3ccccc3)no2)c1C. The first-order chi connectivity index (χ1) is 12.0. The highest BCUT2D eigenvalue weighted by atomic mass is 16.5. The fourth-order valence-corrected chi connectivity index (χ4v) is 3.11. The summed E-state index contributed by atoms with van der Waals surface area (Å²) in [4.78, 5) is 12.5. The third-order valence-corrected chi connectivity index (χ3v) is 4.32. The van der Waals surface area contributed by atoms with E-state index in [9.17, 15) is 4.79 Å². The lowest BCUT2D eigenvalue weighted by molar-refractivity contribution is 0.0902. The fraction of sp³-hybridized carbons (Fsp3) is 0.316. The molecule has 130 valence electrons. The van der Waals surface area contributed by atoms with Gasteiger partial charge >= 0.3 is 0 Å². The third-order valence-electron chi connectivity index (χ3n) is 4.32. The molecule has 0 aliphatic rings. The summed E-state index contributed by atoms with van der Waals surface area (Å²) in [5.41, 5.74) is 4.59. The normalized spacial score (nSPS) is 12.2. The van der Waals surface area contributed by atoms with Gasteiger partial charge in [-0.15, -0.1) is 0 Å². The van der Waals surface area contributed by atoms with Crippen LogP contribution in [0.2, 0.25) is 0 Å². The molecule has 1 aromatic carbocycles. The molecule has 1 amide bonds. The standard InChI is InChI=1S/C19H22N4O2/c1-5-23-14(4)18(13(3)21-23)12(2)20-19(24)17-11-16(22-25-17)15-9-7-6-8-10-15/h6-12H,5H2,1-4H3,(H,20,24). The number of nitrogens with zero attached hydrogens (tertiary/aromatic N) is 3. The topological polar surface area (TPSA) is 73.0 Å². The van der Waals surface area contributed by atoms with Crippen LogP contribution >= 0.6 is 0 Å². The van der Waals surface area contributed by atoms with Crippen molar-refractivity contribution in [2.45, 2.75) is 40.3 Å². The molecule has 2 heterocycles. The Kier molecular flexibility index (Phi) is 4.70. The summed E-state index contributed by atoms with van der Waals surface area (Å²) >= 11 is 0. The van der Waals surface area contributed by atoms with Gasteiger partial charge in [0.15, 0.2) is 0 Å². The van der Waals surface area contributed by atoms with Crippen molar-refractivity contribution in [3.63, 3.8) is 0 Å². The highest BCUT2D eigenvalue weighted by Crippen LogP contribution is 2.23. The maximum absolute atomic E-state index is 12.5. The Bertz CT molecular complexity index is 880. The van der Waals surface area contributed by atoms with Crippen molar-refractivity contribution < 1.29 is 9.32 Å². The van der Waals surface area contributed by atoms with Gasteiger partial charge in [-0.25, -0.2) is 0 Å². The van der Waals surface area contributed by atoms with E-state index in [1.165, 1.54) is 0 Å². The second-order valence-electron chi connectivity index (χ2n) is 6.04. The average molecular weight is 338 g/mol. The van der Waals surface area contributed by atoms with Gasteiger partial charge in [0.25, 0.3) is 5.91 Å². The first-order valence-corrected chi connectivity index (χ1v) is 8.38. The van der Waals surface area contributed by atoms with Gasteiger partial charge in [0, 0.05) is 29.4 Å². The lowest BCUT2D eigenvalue weighted by atomic mass is 10.1. The van der Waals surface area contributed by atoms with Crippen molar-refractivity contribution in [2.75, 3.05) is 0 Å². The molecule has 0 radical (unpaired) electrons. The Balaban J connectivity index is 1.77. The Labute approximate surface area is 146 Å². The summed E-state index contributed by atoms with van der Waals surface area (Å²) in [5.74, 6) is -0.0888. The third kappa shape index (κ3) is 3.33. The number of carbonyl (C=O) groups is 1. The van der Waals surface area contributed by atoms with Gasteiger partial charge in [-0.3, -0.25) is 9.48 Å². The van der Waals surface area contributed by atoms with Gasteiger partial charge in [-0.05, 0) is 27.7 Å². The minimum Gasteiger partial charge on any atom is -0.350 e. The zero-order chi connectivity index (χ0) is 18.0. The molecule has 0 saturated heterocycles. The van der Waals surface area contributed by atoms with E-state index in [0.29, 0.717) is 5.69 Å². The van der Waals surface area contributed by atoms with Gasteiger partial charge in [-0.2, -0.15) is 5.10 Å². The van der Waals surface area contributed by atoms with Crippen molar-refractivity contribution >= 4 is 5.91 Å². The molecule has 0 bridgehead atoms. The number of nitrogens with one attached hydrogen (secondary N) is 1. The average Bonchev–Trinajstić information content (AvgIpc) is 3.20. The molecule has 1 N–H and O–H groups in total. The largest absolute Gasteiger partial charge is 0.350 e. The quantitative estimate of drug-likeness (QED) is 0.770. The van der Waals surface area contributed by atoms with Crippen LogP contribution in [0, 0.1) is 13.8 Å².